The second-order valence-corrected chi connectivity index (χ2v) is 6.26. The Balaban J connectivity index is 1.52. The molecule has 1 aliphatic heterocycles. The maximum atomic E-state index is 5.32. The Kier molecular flexibility index (Phi) is 5.31. The van der Waals surface area contributed by atoms with Gasteiger partial charge in [0.25, 0.3) is 0 Å². The van der Waals surface area contributed by atoms with E-state index in [2.05, 4.69) is 38.0 Å². The van der Waals surface area contributed by atoms with Crippen molar-refractivity contribution >= 4 is 0 Å². The molecule has 0 spiro atoms. The van der Waals surface area contributed by atoms with Gasteiger partial charge in [0.2, 0.25) is 0 Å². The Bertz CT molecular complexity index is 625. The molecule has 5 heteroatoms. The van der Waals surface area contributed by atoms with Gasteiger partial charge in [-0.25, -0.2) is 4.98 Å². The largest absolute Gasteiger partial charge is 0.497 e. The summed E-state index contributed by atoms with van der Waals surface area (Å²) in [6.07, 6.45) is 6.32. The number of rotatable bonds is 6. The van der Waals surface area contributed by atoms with Crippen LogP contribution in [0.5, 0.6) is 5.75 Å². The lowest BCUT2D eigenvalue weighted by Crippen LogP contribution is -2.45. The Morgan fingerprint density at radius 3 is 3.09 bits per heavy atom. The van der Waals surface area contributed by atoms with Crippen LogP contribution in [0.2, 0.25) is 0 Å². The minimum atomic E-state index is 0.533. The minimum absolute atomic E-state index is 0.533. The van der Waals surface area contributed by atoms with E-state index in [0.29, 0.717) is 6.04 Å². The van der Waals surface area contributed by atoms with E-state index >= 15 is 0 Å². The second kappa shape index (κ2) is 7.62. The van der Waals surface area contributed by atoms with Gasteiger partial charge in [0, 0.05) is 38.6 Å². The van der Waals surface area contributed by atoms with Gasteiger partial charge in [0.05, 0.1) is 13.7 Å². The van der Waals surface area contributed by atoms with E-state index in [1.807, 2.05) is 25.5 Å². The first-order valence-electron chi connectivity index (χ1n) is 8.29. The van der Waals surface area contributed by atoms with Crippen LogP contribution >= 0.6 is 0 Å². The van der Waals surface area contributed by atoms with Crippen molar-refractivity contribution in [2.75, 3.05) is 20.2 Å². The fourth-order valence-corrected chi connectivity index (χ4v) is 3.20. The van der Waals surface area contributed by atoms with Crippen molar-refractivity contribution in [3.05, 3.63) is 48.0 Å². The smallest absolute Gasteiger partial charge is 0.122 e. The van der Waals surface area contributed by atoms with Crippen LogP contribution in [-0.4, -0.2) is 40.7 Å². The summed E-state index contributed by atoms with van der Waals surface area (Å²) >= 11 is 0. The molecule has 1 aromatic carbocycles. The highest BCUT2D eigenvalue weighted by molar-refractivity contribution is 5.28. The molecule has 1 aromatic heterocycles. The maximum absolute atomic E-state index is 5.32. The van der Waals surface area contributed by atoms with Crippen molar-refractivity contribution in [2.45, 2.75) is 32.0 Å². The normalized spacial score (nSPS) is 19.0. The van der Waals surface area contributed by atoms with Gasteiger partial charge in [0.1, 0.15) is 11.6 Å². The summed E-state index contributed by atoms with van der Waals surface area (Å²) in [6, 6.07) is 8.90. The third kappa shape index (κ3) is 4.33. The number of benzene rings is 1. The lowest BCUT2D eigenvalue weighted by atomic mass is 10.0. The number of ether oxygens (including phenoxy) is 1. The first kappa shape index (κ1) is 16.0. The topological polar surface area (TPSA) is 42.3 Å². The van der Waals surface area contributed by atoms with E-state index in [1.54, 1.807) is 7.11 Å². The molecule has 1 fully saturated rings. The van der Waals surface area contributed by atoms with Gasteiger partial charge in [0.15, 0.2) is 0 Å². The Labute approximate surface area is 138 Å². The quantitative estimate of drug-likeness (QED) is 0.887. The van der Waals surface area contributed by atoms with Crippen molar-refractivity contribution in [2.24, 2.45) is 7.05 Å². The number of hydrogen-bond acceptors (Lipinski definition) is 4. The summed E-state index contributed by atoms with van der Waals surface area (Å²) < 4.78 is 7.39. The van der Waals surface area contributed by atoms with Crippen LogP contribution in [0.3, 0.4) is 0 Å². The SMILES string of the molecule is COc1cccc(CN2CCCC(NCc3nccn3C)C2)c1. The summed E-state index contributed by atoms with van der Waals surface area (Å²) in [5, 5.41) is 3.65. The van der Waals surface area contributed by atoms with E-state index in [-0.39, 0.29) is 0 Å². The molecule has 2 aromatic rings. The number of likely N-dealkylation sites (tertiary alicyclic amines) is 1. The fraction of sp³-hybridized carbons (Fsp3) is 0.500. The summed E-state index contributed by atoms with van der Waals surface area (Å²) in [6.45, 7) is 4.07. The summed E-state index contributed by atoms with van der Waals surface area (Å²) in [5.74, 6) is 2.03. The number of methoxy groups -OCH3 is 1. The summed E-state index contributed by atoms with van der Waals surface area (Å²) in [5.41, 5.74) is 1.31. The predicted octanol–water partition coefficient (Wildman–Crippen LogP) is 2.18. The highest BCUT2D eigenvalue weighted by Crippen LogP contribution is 2.17. The van der Waals surface area contributed by atoms with E-state index in [0.717, 1.165) is 37.8 Å². The maximum Gasteiger partial charge on any atom is 0.122 e. The van der Waals surface area contributed by atoms with Crippen molar-refractivity contribution in [3.63, 3.8) is 0 Å². The third-order valence-electron chi connectivity index (χ3n) is 4.52. The van der Waals surface area contributed by atoms with Crippen LogP contribution in [0, 0.1) is 0 Å². The number of hydrogen-bond donors (Lipinski definition) is 1. The minimum Gasteiger partial charge on any atom is -0.497 e. The molecule has 3 rings (SSSR count). The lowest BCUT2D eigenvalue weighted by molar-refractivity contribution is 0.182. The number of nitrogens with zero attached hydrogens (tertiary/aromatic N) is 3. The zero-order chi connectivity index (χ0) is 16.1. The van der Waals surface area contributed by atoms with Gasteiger partial charge in [-0.05, 0) is 37.1 Å². The molecule has 124 valence electrons. The van der Waals surface area contributed by atoms with E-state index in [9.17, 15) is 0 Å². The van der Waals surface area contributed by atoms with Crippen LogP contribution < -0.4 is 10.1 Å². The van der Waals surface area contributed by atoms with E-state index < -0.39 is 0 Å². The number of aryl methyl sites for hydroxylation is 1. The van der Waals surface area contributed by atoms with Crippen molar-refractivity contribution in [1.82, 2.24) is 19.8 Å². The highest BCUT2D eigenvalue weighted by atomic mass is 16.5. The first-order valence-corrected chi connectivity index (χ1v) is 8.29. The predicted molar refractivity (Wildman–Crippen MR) is 91.3 cm³/mol. The van der Waals surface area contributed by atoms with E-state index in [4.69, 9.17) is 4.74 Å². The second-order valence-electron chi connectivity index (χ2n) is 6.26. The molecule has 5 nitrogen and oxygen atoms in total. The Morgan fingerprint density at radius 2 is 2.30 bits per heavy atom. The monoisotopic (exact) mass is 314 g/mol. The van der Waals surface area contributed by atoms with Crippen LogP contribution in [0.15, 0.2) is 36.7 Å². The molecule has 1 saturated heterocycles. The Hall–Kier alpha value is -1.85. The number of aromatic nitrogens is 2. The average Bonchev–Trinajstić information content (AvgIpc) is 2.98. The molecule has 0 radical (unpaired) electrons. The van der Waals surface area contributed by atoms with Gasteiger partial charge in [-0.3, -0.25) is 4.90 Å². The highest BCUT2D eigenvalue weighted by Gasteiger charge is 2.20. The molecular formula is C18H26N4O. The zero-order valence-electron chi connectivity index (χ0n) is 14.0. The molecule has 23 heavy (non-hydrogen) atoms. The summed E-state index contributed by atoms with van der Waals surface area (Å²) in [4.78, 5) is 6.90. The molecule has 1 N–H and O–H groups in total. The molecule has 0 aliphatic carbocycles. The molecular weight excluding hydrogens is 288 g/mol. The van der Waals surface area contributed by atoms with Crippen LogP contribution in [-0.2, 0) is 20.1 Å². The molecule has 2 heterocycles. The third-order valence-corrected chi connectivity index (χ3v) is 4.52. The lowest BCUT2D eigenvalue weighted by Gasteiger charge is -2.33. The molecule has 0 bridgehead atoms. The fourth-order valence-electron chi connectivity index (χ4n) is 3.20. The van der Waals surface area contributed by atoms with Crippen molar-refractivity contribution in [3.8, 4) is 5.75 Å². The van der Waals surface area contributed by atoms with Crippen LogP contribution in [0.4, 0.5) is 0 Å². The molecule has 1 atom stereocenters. The van der Waals surface area contributed by atoms with Gasteiger partial charge in [-0.15, -0.1) is 0 Å². The van der Waals surface area contributed by atoms with E-state index in [1.165, 1.54) is 18.4 Å². The number of nitrogens with one attached hydrogen (secondary N) is 1. The van der Waals surface area contributed by atoms with Gasteiger partial charge >= 0.3 is 0 Å². The molecule has 1 aliphatic rings. The molecule has 0 amide bonds. The van der Waals surface area contributed by atoms with Crippen molar-refractivity contribution < 1.29 is 4.74 Å². The van der Waals surface area contributed by atoms with Gasteiger partial charge in [-0.1, -0.05) is 12.1 Å². The number of piperidine rings is 1. The Morgan fingerprint density at radius 1 is 1.39 bits per heavy atom. The zero-order valence-corrected chi connectivity index (χ0v) is 14.0. The first-order chi connectivity index (χ1) is 11.2. The van der Waals surface area contributed by atoms with Crippen LogP contribution in [0.1, 0.15) is 24.2 Å². The van der Waals surface area contributed by atoms with Gasteiger partial charge in [-0.2, -0.15) is 0 Å². The van der Waals surface area contributed by atoms with Crippen molar-refractivity contribution in [1.29, 1.82) is 0 Å². The van der Waals surface area contributed by atoms with Crippen LogP contribution in [0.25, 0.3) is 0 Å². The molecule has 1 unspecified atom stereocenters. The molecule has 0 saturated carbocycles. The summed E-state index contributed by atoms with van der Waals surface area (Å²) in [7, 11) is 3.76. The number of imidazole rings is 1. The standard InChI is InChI=1S/C18H26N4O/c1-21-10-8-19-18(21)12-20-16-6-4-9-22(14-16)13-15-5-3-7-17(11-15)23-2/h3,5,7-8,10-11,16,20H,4,6,9,12-14H2,1-2H3. The van der Waals surface area contributed by atoms with Gasteiger partial charge < -0.3 is 14.6 Å². The average molecular weight is 314 g/mol.